The first kappa shape index (κ1) is 18.7. The lowest BCUT2D eigenvalue weighted by molar-refractivity contribution is 0.191. The van der Waals surface area contributed by atoms with Gasteiger partial charge in [-0.25, -0.2) is 4.98 Å². The molecule has 1 aliphatic carbocycles. The van der Waals surface area contributed by atoms with Crippen molar-refractivity contribution in [3.05, 3.63) is 56.5 Å². The second-order valence-corrected chi connectivity index (χ2v) is 9.94. The molecule has 4 nitrogen and oxygen atoms in total. The quantitative estimate of drug-likeness (QED) is 0.708. The third kappa shape index (κ3) is 3.31. The van der Waals surface area contributed by atoms with Crippen LogP contribution in [0, 0.1) is 18.8 Å². The van der Waals surface area contributed by atoms with Gasteiger partial charge in [-0.05, 0) is 61.6 Å². The average molecular weight is 416 g/mol. The fourth-order valence-corrected chi connectivity index (χ4v) is 6.32. The van der Waals surface area contributed by atoms with E-state index in [1.54, 1.807) is 11.8 Å². The minimum Gasteiger partial charge on any atom is -0.302 e. The van der Waals surface area contributed by atoms with Crippen LogP contribution >= 0.6 is 23.4 Å². The minimum atomic E-state index is 0.191. The molecule has 28 heavy (non-hydrogen) atoms. The predicted octanol–water partition coefficient (Wildman–Crippen LogP) is 3.98. The van der Waals surface area contributed by atoms with Crippen LogP contribution in [-0.4, -0.2) is 39.8 Å². The van der Waals surface area contributed by atoms with Crippen molar-refractivity contribution in [2.75, 3.05) is 25.4 Å². The summed E-state index contributed by atoms with van der Waals surface area (Å²) in [5.74, 6) is 3.29. The predicted molar refractivity (Wildman–Crippen MR) is 115 cm³/mol. The number of halogens is 1. The molecular weight excluding hydrogens is 390 g/mol. The summed E-state index contributed by atoms with van der Waals surface area (Å²) >= 11 is 7.75. The van der Waals surface area contributed by atoms with Crippen LogP contribution in [0.4, 0.5) is 0 Å². The molecule has 0 radical (unpaired) electrons. The van der Waals surface area contributed by atoms with Gasteiger partial charge in [0.25, 0.3) is 5.56 Å². The van der Waals surface area contributed by atoms with Crippen molar-refractivity contribution >= 4 is 23.4 Å². The number of aromatic nitrogens is 2. The Kier molecular flexibility index (Phi) is 5.02. The molecule has 3 aliphatic rings. The Labute approximate surface area is 175 Å². The Hall–Kier alpha value is -1.30. The standard InChI is InChI=1S/C22H26ClN3OS/c1-14-18(21(27)26-8-2-10-28-22(26)24-14)7-9-25-12-16-11-19(20(16)13-25)15-3-5-17(23)6-4-15/h3-6,16,19-20H,2,7-13H2,1H3. The van der Waals surface area contributed by atoms with Gasteiger partial charge in [0.05, 0.1) is 0 Å². The normalized spacial score (nSPS) is 26.6. The molecule has 148 valence electrons. The van der Waals surface area contributed by atoms with E-state index < -0.39 is 0 Å². The molecule has 3 unspecified atom stereocenters. The van der Waals surface area contributed by atoms with E-state index in [0.717, 1.165) is 71.5 Å². The lowest BCUT2D eigenvalue weighted by atomic mass is 9.64. The summed E-state index contributed by atoms with van der Waals surface area (Å²) in [6.45, 7) is 6.09. The van der Waals surface area contributed by atoms with Gasteiger partial charge in [-0.3, -0.25) is 9.36 Å². The maximum Gasteiger partial charge on any atom is 0.257 e. The molecule has 0 spiro atoms. The molecule has 2 fully saturated rings. The Balaban J connectivity index is 1.24. The zero-order valence-electron chi connectivity index (χ0n) is 16.2. The van der Waals surface area contributed by atoms with Crippen molar-refractivity contribution in [2.45, 2.75) is 43.8 Å². The second-order valence-electron chi connectivity index (χ2n) is 8.44. The zero-order valence-corrected chi connectivity index (χ0v) is 17.8. The van der Waals surface area contributed by atoms with Gasteiger partial charge in [0.15, 0.2) is 5.16 Å². The molecule has 1 saturated heterocycles. The molecule has 0 amide bonds. The number of fused-ring (bicyclic) bond motifs is 2. The maximum atomic E-state index is 12.9. The van der Waals surface area contributed by atoms with E-state index in [-0.39, 0.29) is 5.56 Å². The van der Waals surface area contributed by atoms with Crippen molar-refractivity contribution in [1.82, 2.24) is 14.5 Å². The van der Waals surface area contributed by atoms with E-state index in [9.17, 15) is 4.79 Å². The highest BCUT2D eigenvalue weighted by molar-refractivity contribution is 7.99. The van der Waals surface area contributed by atoms with Gasteiger partial charge >= 0.3 is 0 Å². The van der Waals surface area contributed by atoms with Crippen molar-refractivity contribution in [3.8, 4) is 0 Å². The molecule has 6 heteroatoms. The van der Waals surface area contributed by atoms with E-state index in [2.05, 4.69) is 17.0 Å². The summed E-state index contributed by atoms with van der Waals surface area (Å²) in [5, 5.41) is 1.72. The lowest BCUT2D eigenvalue weighted by Gasteiger charge is -2.40. The van der Waals surface area contributed by atoms with Gasteiger partial charge in [-0.1, -0.05) is 35.5 Å². The van der Waals surface area contributed by atoms with E-state index in [1.165, 1.54) is 18.5 Å². The van der Waals surface area contributed by atoms with Gasteiger partial charge in [-0.2, -0.15) is 0 Å². The fourth-order valence-electron chi connectivity index (χ4n) is 5.20. The second kappa shape index (κ2) is 7.51. The molecule has 3 atom stereocenters. The number of rotatable bonds is 4. The average Bonchev–Trinajstić information content (AvgIpc) is 2.99. The molecule has 5 rings (SSSR count). The smallest absolute Gasteiger partial charge is 0.257 e. The molecule has 2 aliphatic heterocycles. The van der Waals surface area contributed by atoms with Crippen molar-refractivity contribution in [1.29, 1.82) is 0 Å². The van der Waals surface area contributed by atoms with E-state index in [1.807, 2.05) is 23.6 Å². The number of hydrogen-bond donors (Lipinski definition) is 0. The Morgan fingerprint density at radius 1 is 1.25 bits per heavy atom. The van der Waals surface area contributed by atoms with Gasteiger partial charge < -0.3 is 4.90 Å². The highest BCUT2D eigenvalue weighted by Gasteiger charge is 2.47. The van der Waals surface area contributed by atoms with Crippen LogP contribution in [0.5, 0.6) is 0 Å². The summed E-state index contributed by atoms with van der Waals surface area (Å²) in [4.78, 5) is 20.2. The van der Waals surface area contributed by atoms with E-state index >= 15 is 0 Å². The van der Waals surface area contributed by atoms with Crippen molar-refractivity contribution < 1.29 is 0 Å². The Morgan fingerprint density at radius 3 is 2.89 bits per heavy atom. The molecule has 1 aromatic carbocycles. The lowest BCUT2D eigenvalue weighted by Crippen LogP contribution is -2.33. The van der Waals surface area contributed by atoms with Gasteiger partial charge in [0, 0.05) is 48.2 Å². The number of nitrogens with zero attached hydrogens (tertiary/aromatic N) is 3. The largest absolute Gasteiger partial charge is 0.302 e. The highest BCUT2D eigenvalue weighted by atomic mass is 35.5. The van der Waals surface area contributed by atoms with Crippen LogP contribution in [0.15, 0.2) is 34.2 Å². The maximum absolute atomic E-state index is 12.9. The molecule has 0 N–H and O–H groups in total. The summed E-state index contributed by atoms with van der Waals surface area (Å²) in [6, 6.07) is 8.39. The van der Waals surface area contributed by atoms with Crippen molar-refractivity contribution in [2.24, 2.45) is 11.8 Å². The third-order valence-electron chi connectivity index (χ3n) is 6.81. The molecule has 3 heterocycles. The third-order valence-corrected chi connectivity index (χ3v) is 8.12. The first-order chi connectivity index (χ1) is 13.6. The molecule has 1 saturated carbocycles. The number of hydrogen-bond acceptors (Lipinski definition) is 4. The van der Waals surface area contributed by atoms with Crippen LogP contribution in [0.3, 0.4) is 0 Å². The number of thioether (sulfide) groups is 1. The summed E-state index contributed by atoms with van der Waals surface area (Å²) < 4.78 is 1.89. The molecule has 1 aromatic heterocycles. The first-order valence-electron chi connectivity index (χ1n) is 10.3. The van der Waals surface area contributed by atoms with E-state index in [4.69, 9.17) is 16.6 Å². The Bertz CT molecular complexity index is 942. The SMILES string of the molecule is Cc1nc2n(c(=O)c1CCN1CC3CC(c4ccc(Cl)cc4)C3C1)CCCS2. The zero-order chi connectivity index (χ0) is 19.3. The van der Waals surface area contributed by atoms with Gasteiger partial charge in [-0.15, -0.1) is 0 Å². The highest BCUT2D eigenvalue weighted by Crippen LogP contribution is 2.51. The monoisotopic (exact) mass is 415 g/mol. The summed E-state index contributed by atoms with van der Waals surface area (Å²) in [5.41, 5.74) is 3.46. The number of benzene rings is 1. The number of aryl methyl sites for hydroxylation is 1. The van der Waals surface area contributed by atoms with Crippen molar-refractivity contribution in [3.63, 3.8) is 0 Å². The summed E-state index contributed by atoms with van der Waals surface area (Å²) in [6.07, 6.45) is 3.15. The van der Waals surface area contributed by atoms with Crippen LogP contribution in [0.2, 0.25) is 5.02 Å². The molecule has 0 bridgehead atoms. The van der Waals surface area contributed by atoms with Gasteiger partial charge in [0.1, 0.15) is 0 Å². The minimum absolute atomic E-state index is 0.191. The van der Waals surface area contributed by atoms with Crippen LogP contribution in [0.25, 0.3) is 0 Å². The molecule has 2 aromatic rings. The summed E-state index contributed by atoms with van der Waals surface area (Å²) in [7, 11) is 0. The fraction of sp³-hybridized carbons (Fsp3) is 0.545. The van der Waals surface area contributed by atoms with E-state index in [0.29, 0.717) is 5.92 Å². The van der Waals surface area contributed by atoms with Gasteiger partial charge in [0.2, 0.25) is 0 Å². The number of likely N-dealkylation sites (tertiary alicyclic amines) is 1. The van der Waals surface area contributed by atoms with Crippen LogP contribution in [0.1, 0.15) is 35.6 Å². The topological polar surface area (TPSA) is 38.1 Å². The Morgan fingerprint density at radius 2 is 2.07 bits per heavy atom. The molecular formula is C22H26ClN3OS. The first-order valence-corrected chi connectivity index (χ1v) is 11.7. The van der Waals surface area contributed by atoms with Crippen LogP contribution in [-0.2, 0) is 13.0 Å². The van der Waals surface area contributed by atoms with Crippen LogP contribution < -0.4 is 5.56 Å².